The molecule has 7 rings (SSSR count). The summed E-state index contributed by atoms with van der Waals surface area (Å²) in [7, 11) is 0. The lowest BCUT2D eigenvalue weighted by Gasteiger charge is -2.27. The molecule has 5 aromatic rings. The van der Waals surface area contributed by atoms with E-state index in [1.165, 1.54) is 0 Å². The van der Waals surface area contributed by atoms with Crippen molar-refractivity contribution in [1.29, 1.82) is 0 Å². The molecule has 0 radical (unpaired) electrons. The summed E-state index contributed by atoms with van der Waals surface area (Å²) >= 11 is 0. The molecule has 37 heavy (non-hydrogen) atoms. The van der Waals surface area contributed by atoms with Crippen molar-refractivity contribution in [3.8, 4) is 17.3 Å². The second kappa shape index (κ2) is 8.97. The molecule has 2 aromatic carbocycles. The van der Waals surface area contributed by atoms with E-state index in [1.807, 2.05) is 59.6 Å². The van der Waals surface area contributed by atoms with E-state index in [9.17, 15) is 4.79 Å². The number of carbonyl (C=O) groups excluding carboxylic acids is 1. The molecular formula is C27H26N8O2. The fourth-order valence-electron chi connectivity index (χ4n) is 5.19. The van der Waals surface area contributed by atoms with Gasteiger partial charge in [0.2, 0.25) is 17.7 Å². The summed E-state index contributed by atoms with van der Waals surface area (Å²) < 4.78 is 7.36. The number of H-pyrrole nitrogens is 1. The van der Waals surface area contributed by atoms with E-state index in [0.29, 0.717) is 49.8 Å². The van der Waals surface area contributed by atoms with Crippen LogP contribution in [0.3, 0.4) is 0 Å². The number of hydrogen-bond donors (Lipinski definition) is 1. The monoisotopic (exact) mass is 494 g/mol. The highest BCUT2D eigenvalue weighted by atomic mass is 16.5. The topological polar surface area (TPSA) is 105 Å². The number of aromatic amines is 1. The highest BCUT2D eigenvalue weighted by Gasteiger charge is 2.28. The highest BCUT2D eigenvalue weighted by Crippen LogP contribution is 2.29. The van der Waals surface area contributed by atoms with Crippen LogP contribution in [0.5, 0.6) is 0 Å². The molecule has 0 unspecified atom stereocenters. The van der Waals surface area contributed by atoms with Crippen LogP contribution < -0.4 is 4.90 Å². The van der Waals surface area contributed by atoms with Crippen LogP contribution in [0.25, 0.3) is 39.3 Å². The lowest BCUT2D eigenvalue weighted by molar-refractivity contribution is 0.0779. The maximum atomic E-state index is 13.6. The predicted molar refractivity (Wildman–Crippen MR) is 140 cm³/mol. The number of imidazole rings is 1. The average Bonchev–Trinajstić information content (AvgIpc) is 3.72. The number of aromatic nitrogens is 6. The van der Waals surface area contributed by atoms with Gasteiger partial charge in [-0.05, 0) is 37.1 Å². The number of carbonyl (C=O) groups is 1. The van der Waals surface area contributed by atoms with E-state index < -0.39 is 0 Å². The van der Waals surface area contributed by atoms with Crippen LogP contribution in [0.2, 0.25) is 0 Å². The number of amides is 1. The number of ether oxygens (including phenoxy) is 1. The van der Waals surface area contributed by atoms with Gasteiger partial charge in [0.1, 0.15) is 0 Å². The van der Waals surface area contributed by atoms with Crippen LogP contribution in [0.1, 0.15) is 23.5 Å². The second-order valence-corrected chi connectivity index (χ2v) is 9.36. The number of hydrogen-bond acceptors (Lipinski definition) is 7. The lowest BCUT2D eigenvalue weighted by atomic mass is 10.1. The number of morpholine rings is 1. The van der Waals surface area contributed by atoms with Crippen molar-refractivity contribution >= 4 is 33.8 Å². The first-order valence-electron chi connectivity index (χ1n) is 12.7. The van der Waals surface area contributed by atoms with Gasteiger partial charge in [-0.15, -0.1) is 0 Å². The molecule has 10 nitrogen and oxygen atoms in total. The molecule has 2 aliphatic heterocycles. The van der Waals surface area contributed by atoms with Gasteiger partial charge in [-0.3, -0.25) is 9.36 Å². The summed E-state index contributed by atoms with van der Waals surface area (Å²) in [5.41, 5.74) is 3.42. The van der Waals surface area contributed by atoms with Gasteiger partial charge in [-0.1, -0.05) is 24.3 Å². The quantitative estimate of drug-likeness (QED) is 0.408. The molecule has 1 N–H and O–H groups in total. The molecule has 3 aromatic heterocycles. The number of nitrogens with zero attached hydrogens (tertiary/aromatic N) is 7. The molecule has 5 heterocycles. The number of para-hydroxylation sites is 2. The Hall–Kier alpha value is -4.31. The largest absolute Gasteiger partial charge is 0.378 e. The minimum absolute atomic E-state index is 0.101. The summed E-state index contributed by atoms with van der Waals surface area (Å²) in [5, 5.41) is 1.02. The Bertz CT molecular complexity index is 1610. The fourth-order valence-corrected chi connectivity index (χ4v) is 5.19. The maximum Gasteiger partial charge on any atom is 0.290 e. The van der Waals surface area contributed by atoms with Gasteiger partial charge >= 0.3 is 0 Å². The van der Waals surface area contributed by atoms with Gasteiger partial charge in [0.25, 0.3) is 5.91 Å². The van der Waals surface area contributed by atoms with Gasteiger partial charge in [0.15, 0.2) is 5.82 Å². The third-order valence-corrected chi connectivity index (χ3v) is 7.09. The van der Waals surface area contributed by atoms with E-state index in [1.54, 1.807) is 4.57 Å². The van der Waals surface area contributed by atoms with Gasteiger partial charge in [-0.25, -0.2) is 4.98 Å². The molecule has 0 atom stereocenters. The van der Waals surface area contributed by atoms with Gasteiger partial charge in [-0.2, -0.15) is 15.0 Å². The molecule has 0 saturated carbocycles. The summed E-state index contributed by atoms with van der Waals surface area (Å²) in [5.74, 6) is 1.72. The van der Waals surface area contributed by atoms with E-state index in [4.69, 9.17) is 24.7 Å². The SMILES string of the molecule is O=C(c1nc2ccccc2n1-c1nc(-c2cccc3[nH]ccc23)nc(N2CCOCC2)n1)N1CCCC1. The number of benzene rings is 2. The summed E-state index contributed by atoms with van der Waals surface area (Å²) in [6, 6.07) is 15.8. The molecule has 1 amide bonds. The zero-order valence-corrected chi connectivity index (χ0v) is 20.3. The van der Waals surface area contributed by atoms with Crippen molar-refractivity contribution in [2.24, 2.45) is 0 Å². The third kappa shape index (κ3) is 3.80. The minimum Gasteiger partial charge on any atom is -0.378 e. The van der Waals surface area contributed by atoms with Crippen LogP contribution in [0.4, 0.5) is 5.95 Å². The molecule has 0 aliphatic carbocycles. The Morgan fingerprint density at radius 2 is 1.65 bits per heavy atom. The van der Waals surface area contributed by atoms with Crippen molar-refractivity contribution in [2.45, 2.75) is 12.8 Å². The van der Waals surface area contributed by atoms with E-state index in [-0.39, 0.29) is 5.91 Å². The number of anilines is 1. The Balaban J connectivity index is 1.46. The number of likely N-dealkylation sites (tertiary alicyclic amines) is 1. The standard InChI is InChI=1S/C27H26N8O2/c36-25(33-12-3-4-13-33)24-29-21-7-1-2-9-22(21)35(24)27-31-23(19-6-5-8-20-18(19)10-11-28-20)30-26(32-27)34-14-16-37-17-15-34/h1-2,5-11,28H,3-4,12-17H2. The highest BCUT2D eigenvalue weighted by molar-refractivity contribution is 5.96. The molecule has 2 fully saturated rings. The molecule has 186 valence electrons. The molecule has 10 heteroatoms. The average molecular weight is 495 g/mol. The molecule has 0 spiro atoms. The van der Waals surface area contributed by atoms with Gasteiger partial charge in [0, 0.05) is 48.8 Å². The fraction of sp³-hybridized carbons (Fsp3) is 0.296. The molecule has 2 saturated heterocycles. The van der Waals surface area contributed by atoms with Crippen molar-refractivity contribution in [3.63, 3.8) is 0 Å². The van der Waals surface area contributed by atoms with Gasteiger partial charge < -0.3 is 19.5 Å². The molecule has 2 aliphatic rings. The van der Waals surface area contributed by atoms with E-state index in [2.05, 4.69) is 9.88 Å². The van der Waals surface area contributed by atoms with E-state index in [0.717, 1.165) is 53.4 Å². The maximum absolute atomic E-state index is 13.6. The Labute approximate surface area is 212 Å². The first-order chi connectivity index (χ1) is 18.3. The molecular weight excluding hydrogens is 468 g/mol. The summed E-state index contributed by atoms with van der Waals surface area (Å²) in [4.78, 5) is 40.4. The van der Waals surface area contributed by atoms with E-state index >= 15 is 0 Å². The first kappa shape index (κ1) is 21.9. The second-order valence-electron chi connectivity index (χ2n) is 9.36. The first-order valence-corrected chi connectivity index (χ1v) is 12.7. The Morgan fingerprint density at radius 1 is 0.838 bits per heavy atom. The van der Waals surface area contributed by atoms with Crippen molar-refractivity contribution in [2.75, 3.05) is 44.3 Å². The molecule has 0 bridgehead atoms. The van der Waals surface area contributed by atoms with Crippen LogP contribution in [0.15, 0.2) is 54.7 Å². The Kier molecular flexibility index (Phi) is 5.32. The van der Waals surface area contributed by atoms with Crippen LogP contribution in [-0.2, 0) is 4.74 Å². The van der Waals surface area contributed by atoms with Crippen molar-refractivity contribution < 1.29 is 9.53 Å². The lowest BCUT2D eigenvalue weighted by Crippen LogP contribution is -2.37. The van der Waals surface area contributed by atoms with Crippen molar-refractivity contribution in [3.05, 3.63) is 60.6 Å². The summed E-state index contributed by atoms with van der Waals surface area (Å²) in [6.45, 7) is 4.05. The van der Waals surface area contributed by atoms with Crippen molar-refractivity contribution in [1.82, 2.24) is 34.4 Å². The smallest absolute Gasteiger partial charge is 0.290 e. The van der Waals surface area contributed by atoms with Crippen LogP contribution >= 0.6 is 0 Å². The van der Waals surface area contributed by atoms with Crippen LogP contribution in [-0.4, -0.2) is 79.7 Å². The minimum atomic E-state index is -0.101. The number of rotatable bonds is 4. The normalized spacial score (nSPS) is 16.2. The Morgan fingerprint density at radius 3 is 2.51 bits per heavy atom. The third-order valence-electron chi connectivity index (χ3n) is 7.09. The summed E-state index contributed by atoms with van der Waals surface area (Å²) in [6.07, 6.45) is 3.92. The number of nitrogens with one attached hydrogen (secondary N) is 1. The number of fused-ring (bicyclic) bond motifs is 2. The zero-order chi connectivity index (χ0) is 24.8. The van der Waals surface area contributed by atoms with Gasteiger partial charge in [0.05, 0.1) is 24.2 Å². The zero-order valence-electron chi connectivity index (χ0n) is 20.3. The predicted octanol–water partition coefficient (Wildman–Crippen LogP) is 3.43. The van der Waals surface area contributed by atoms with Crippen LogP contribution in [0, 0.1) is 0 Å².